The highest BCUT2D eigenvalue weighted by Gasteiger charge is 2.16. The summed E-state index contributed by atoms with van der Waals surface area (Å²) < 4.78 is 32.6. The Balaban J connectivity index is 2.20. The molecule has 1 unspecified atom stereocenters. The second kappa shape index (κ2) is 5.77. The van der Waals surface area contributed by atoms with Gasteiger partial charge in [0.2, 0.25) is 0 Å². The summed E-state index contributed by atoms with van der Waals surface area (Å²) in [6.45, 7) is 0.212. The Labute approximate surface area is 116 Å². The second-order valence-corrected chi connectivity index (χ2v) is 5.44. The predicted octanol–water partition coefficient (Wildman–Crippen LogP) is 3.87. The van der Waals surface area contributed by atoms with Gasteiger partial charge in [0, 0.05) is 27.3 Å². The van der Waals surface area contributed by atoms with E-state index >= 15 is 0 Å². The van der Waals surface area contributed by atoms with E-state index in [0.29, 0.717) is 0 Å². The minimum Gasteiger partial charge on any atom is -0.480 e. The molecule has 0 saturated carbocycles. The van der Waals surface area contributed by atoms with Crippen molar-refractivity contribution in [1.29, 1.82) is 0 Å². The van der Waals surface area contributed by atoms with Crippen molar-refractivity contribution in [3.63, 3.8) is 0 Å². The van der Waals surface area contributed by atoms with Crippen LogP contribution in [-0.4, -0.2) is 6.54 Å². The van der Waals surface area contributed by atoms with Gasteiger partial charge in [-0.3, -0.25) is 0 Å². The maximum atomic E-state index is 13.5. The number of rotatable bonds is 4. The molecule has 1 heterocycles. The van der Waals surface area contributed by atoms with Crippen molar-refractivity contribution in [1.82, 2.24) is 0 Å². The average Bonchev–Trinajstić information content (AvgIpc) is 2.75. The third-order valence-corrected chi connectivity index (χ3v) is 4.07. The number of thiophene rings is 1. The van der Waals surface area contributed by atoms with Crippen LogP contribution in [0.4, 0.5) is 8.78 Å². The molecule has 0 fully saturated rings. The molecule has 0 saturated heterocycles. The number of hydrogen-bond donors (Lipinski definition) is 1. The molecule has 0 aliphatic carbocycles. The largest absolute Gasteiger partial charge is 0.480 e. The fourth-order valence-corrected chi connectivity index (χ4v) is 2.93. The van der Waals surface area contributed by atoms with Crippen LogP contribution in [0.15, 0.2) is 34.1 Å². The van der Waals surface area contributed by atoms with Crippen LogP contribution in [-0.2, 0) is 0 Å². The monoisotopic (exact) mass is 333 g/mol. The molecule has 0 amide bonds. The number of benzene rings is 1. The van der Waals surface area contributed by atoms with Gasteiger partial charge in [-0.1, -0.05) is 0 Å². The van der Waals surface area contributed by atoms with Crippen LogP contribution in [0.3, 0.4) is 0 Å². The molecule has 2 rings (SSSR count). The molecule has 0 radical (unpaired) electrons. The molecule has 18 heavy (non-hydrogen) atoms. The van der Waals surface area contributed by atoms with Crippen molar-refractivity contribution in [2.45, 2.75) is 6.10 Å². The molecular formula is C12H10BrF2NOS. The zero-order valence-electron chi connectivity index (χ0n) is 9.20. The second-order valence-electron chi connectivity index (χ2n) is 3.58. The number of ether oxygens (including phenoxy) is 1. The fraction of sp³-hybridized carbons (Fsp3) is 0.167. The van der Waals surface area contributed by atoms with E-state index in [4.69, 9.17) is 10.5 Å². The first-order valence-electron chi connectivity index (χ1n) is 5.16. The molecule has 0 aliphatic heterocycles. The number of nitrogens with two attached hydrogens (primary N) is 1. The highest BCUT2D eigenvalue weighted by atomic mass is 79.9. The van der Waals surface area contributed by atoms with E-state index in [2.05, 4.69) is 15.9 Å². The summed E-state index contributed by atoms with van der Waals surface area (Å²) in [6, 6.07) is 5.06. The van der Waals surface area contributed by atoms with E-state index in [1.165, 1.54) is 17.4 Å². The number of hydrogen-bond acceptors (Lipinski definition) is 3. The van der Waals surface area contributed by atoms with Crippen molar-refractivity contribution in [3.05, 3.63) is 50.6 Å². The van der Waals surface area contributed by atoms with Gasteiger partial charge in [-0.15, -0.1) is 11.3 Å². The summed E-state index contributed by atoms with van der Waals surface area (Å²) in [5.41, 5.74) is 5.61. The zero-order chi connectivity index (χ0) is 13.1. The highest BCUT2D eigenvalue weighted by Crippen LogP contribution is 2.30. The molecule has 2 aromatic rings. The van der Waals surface area contributed by atoms with Gasteiger partial charge in [-0.2, -0.15) is 0 Å². The first-order valence-corrected chi connectivity index (χ1v) is 6.83. The molecular weight excluding hydrogens is 324 g/mol. The third-order valence-electron chi connectivity index (χ3n) is 2.28. The van der Waals surface area contributed by atoms with E-state index < -0.39 is 17.7 Å². The Bertz CT molecular complexity index is 547. The lowest BCUT2D eigenvalue weighted by atomic mass is 10.2. The maximum Gasteiger partial charge on any atom is 0.168 e. The molecule has 2 N–H and O–H groups in total. The fourth-order valence-electron chi connectivity index (χ4n) is 1.44. The molecule has 0 spiro atoms. The Hall–Kier alpha value is -0.980. The molecule has 2 nitrogen and oxygen atoms in total. The van der Waals surface area contributed by atoms with Crippen molar-refractivity contribution in [3.8, 4) is 5.75 Å². The van der Waals surface area contributed by atoms with Crippen LogP contribution in [0.2, 0.25) is 0 Å². The summed E-state index contributed by atoms with van der Waals surface area (Å²) in [5.74, 6) is -1.37. The molecule has 1 aromatic heterocycles. The topological polar surface area (TPSA) is 35.2 Å². The van der Waals surface area contributed by atoms with Gasteiger partial charge >= 0.3 is 0 Å². The first-order chi connectivity index (χ1) is 8.60. The normalized spacial score (nSPS) is 12.4. The van der Waals surface area contributed by atoms with Gasteiger partial charge in [0.05, 0.1) is 0 Å². The summed E-state index contributed by atoms with van der Waals surface area (Å²) in [5, 5.41) is 1.89. The Kier molecular flexibility index (Phi) is 4.31. The Morgan fingerprint density at radius 2 is 2.11 bits per heavy atom. The van der Waals surface area contributed by atoms with Gasteiger partial charge in [0.15, 0.2) is 11.6 Å². The van der Waals surface area contributed by atoms with E-state index in [1.807, 2.05) is 11.4 Å². The van der Waals surface area contributed by atoms with E-state index in [0.717, 1.165) is 21.5 Å². The van der Waals surface area contributed by atoms with E-state index in [1.54, 1.807) is 0 Å². The average molecular weight is 334 g/mol. The zero-order valence-corrected chi connectivity index (χ0v) is 11.6. The van der Waals surface area contributed by atoms with Crippen LogP contribution in [0.25, 0.3) is 0 Å². The van der Waals surface area contributed by atoms with Crippen LogP contribution in [0, 0.1) is 11.6 Å². The summed E-state index contributed by atoms with van der Waals surface area (Å²) in [6.07, 6.45) is -0.443. The molecule has 0 aliphatic rings. The van der Waals surface area contributed by atoms with Crippen LogP contribution in [0.5, 0.6) is 5.75 Å². The molecule has 6 heteroatoms. The quantitative estimate of drug-likeness (QED) is 0.921. The lowest BCUT2D eigenvalue weighted by Gasteiger charge is -2.16. The minimum atomic E-state index is -0.732. The number of halogens is 3. The molecule has 96 valence electrons. The highest BCUT2D eigenvalue weighted by molar-refractivity contribution is 9.10. The third kappa shape index (κ3) is 3.07. The van der Waals surface area contributed by atoms with E-state index in [9.17, 15) is 8.78 Å². The minimum absolute atomic E-state index is 0.00336. The standard InChI is InChI=1S/C12H10BrF2NOS/c13-7-3-12(18-6-7)11(5-16)17-10-2-1-8(14)4-9(10)15/h1-4,6,11H,5,16H2. The van der Waals surface area contributed by atoms with Crippen molar-refractivity contribution in [2.75, 3.05) is 6.54 Å². The SMILES string of the molecule is NCC(Oc1ccc(F)cc1F)c1cc(Br)cs1. The first kappa shape index (κ1) is 13.5. The molecule has 1 aromatic carbocycles. The van der Waals surface area contributed by atoms with Gasteiger partial charge in [-0.05, 0) is 34.1 Å². The summed E-state index contributed by atoms with van der Waals surface area (Å²) >= 11 is 4.79. The van der Waals surface area contributed by atoms with Gasteiger partial charge in [0.25, 0.3) is 0 Å². The van der Waals surface area contributed by atoms with Gasteiger partial charge in [0.1, 0.15) is 11.9 Å². The maximum absolute atomic E-state index is 13.5. The summed E-state index contributed by atoms with van der Waals surface area (Å²) in [4.78, 5) is 0.883. The smallest absolute Gasteiger partial charge is 0.168 e. The van der Waals surface area contributed by atoms with Gasteiger partial charge < -0.3 is 10.5 Å². The Morgan fingerprint density at radius 1 is 1.33 bits per heavy atom. The van der Waals surface area contributed by atoms with Gasteiger partial charge in [-0.25, -0.2) is 8.78 Å². The van der Waals surface area contributed by atoms with Crippen molar-refractivity contribution in [2.24, 2.45) is 5.73 Å². The Morgan fingerprint density at radius 3 is 2.67 bits per heavy atom. The summed E-state index contributed by atoms with van der Waals surface area (Å²) in [7, 11) is 0. The predicted molar refractivity (Wildman–Crippen MR) is 70.8 cm³/mol. The lowest BCUT2D eigenvalue weighted by molar-refractivity contribution is 0.207. The van der Waals surface area contributed by atoms with Crippen LogP contribution < -0.4 is 10.5 Å². The van der Waals surface area contributed by atoms with Crippen molar-refractivity contribution >= 4 is 27.3 Å². The van der Waals surface area contributed by atoms with Crippen LogP contribution in [0.1, 0.15) is 11.0 Å². The molecule has 0 bridgehead atoms. The van der Waals surface area contributed by atoms with Crippen molar-refractivity contribution < 1.29 is 13.5 Å². The van der Waals surface area contributed by atoms with Crippen LogP contribution >= 0.6 is 27.3 Å². The van der Waals surface area contributed by atoms with E-state index in [-0.39, 0.29) is 12.3 Å². The molecule has 1 atom stereocenters. The lowest BCUT2D eigenvalue weighted by Crippen LogP contribution is -2.17.